The van der Waals surface area contributed by atoms with Crippen molar-refractivity contribution in [2.45, 2.75) is 25.7 Å². The van der Waals surface area contributed by atoms with E-state index < -0.39 is 6.36 Å². The molecule has 2 rings (SSSR count). The lowest BCUT2D eigenvalue weighted by atomic mass is 9.98. The summed E-state index contributed by atoms with van der Waals surface area (Å²) in [7, 11) is 0. The van der Waals surface area contributed by atoms with Crippen LogP contribution in [-0.2, 0) is 6.54 Å². The summed E-state index contributed by atoms with van der Waals surface area (Å²) < 4.78 is 40.9. The molecule has 1 aliphatic rings. The molecular weight excluding hydrogens is 349 g/mol. The van der Waals surface area contributed by atoms with E-state index in [0.717, 1.165) is 31.5 Å². The number of alkyl halides is 3. The van der Waals surface area contributed by atoms with Crippen LogP contribution in [0.5, 0.6) is 5.75 Å². The molecule has 1 unspecified atom stereocenters. The summed E-state index contributed by atoms with van der Waals surface area (Å²) in [5.41, 5.74) is 6.66. The zero-order chi connectivity index (χ0) is 15.5. The maximum atomic E-state index is 12.2. The van der Waals surface area contributed by atoms with E-state index in [1.165, 1.54) is 6.07 Å². The fraction of sp³-hybridized carbons (Fsp3) is 0.571. The number of benzene rings is 1. The summed E-state index contributed by atoms with van der Waals surface area (Å²) in [6.07, 6.45) is -2.42. The van der Waals surface area contributed by atoms with E-state index in [4.69, 9.17) is 5.73 Å². The average molecular weight is 367 g/mol. The smallest absolute Gasteiger partial charge is 0.405 e. The first-order valence-corrected chi connectivity index (χ1v) is 7.63. The Morgan fingerprint density at radius 1 is 1.38 bits per heavy atom. The molecule has 1 fully saturated rings. The van der Waals surface area contributed by atoms with Crippen molar-refractivity contribution < 1.29 is 17.9 Å². The topological polar surface area (TPSA) is 38.5 Å². The second-order valence-electron chi connectivity index (χ2n) is 5.29. The minimum atomic E-state index is -4.68. The predicted octanol–water partition coefficient (Wildman–Crippen LogP) is 3.52. The highest BCUT2D eigenvalue weighted by Crippen LogP contribution is 2.31. The van der Waals surface area contributed by atoms with Crippen molar-refractivity contribution in [3.05, 3.63) is 28.2 Å². The van der Waals surface area contributed by atoms with Crippen LogP contribution >= 0.6 is 15.9 Å². The van der Waals surface area contributed by atoms with Gasteiger partial charge in [-0.25, -0.2) is 0 Å². The van der Waals surface area contributed by atoms with Gasteiger partial charge in [0, 0.05) is 13.1 Å². The van der Waals surface area contributed by atoms with E-state index in [1.54, 1.807) is 12.1 Å². The van der Waals surface area contributed by atoms with Crippen molar-refractivity contribution in [3.8, 4) is 5.75 Å². The van der Waals surface area contributed by atoms with E-state index in [0.29, 0.717) is 23.5 Å². The lowest BCUT2D eigenvalue weighted by Crippen LogP contribution is -2.37. The van der Waals surface area contributed by atoms with Gasteiger partial charge in [-0.3, -0.25) is 4.90 Å². The van der Waals surface area contributed by atoms with Gasteiger partial charge in [-0.15, -0.1) is 13.2 Å². The Balaban J connectivity index is 2.00. The standard InChI is InChI=1S/C14H18BrF3N2O/c15-12-6-10(3-4-13(12)21-14(16,17)18)8-20-5-1-2-11(7-19)9-20/h3-4,6,11H,1-2,5,7-9,19H2. The molecule has 0 aliphatic carbocycles. The summed E-state index contributed by atoms with van der Waals surface area (Å²) in [6.45, 7) is 3.32. The molecule has 1 aromatic carbocycles. The minimum Gasteiger partial charge on any atom is -0.405 e. The molecule has 0 amide bonds. The Morgan fingerprint density at radius 2 is 2.14 bits per heavy atom. The molecule has 0 aromatic heterocycles. The van der Waals surface area contributed by atoms with Crippen LogP contribution in [0.2, 0.25) is 0 Å². The van der Waals surface area contributed by atoms with Crippen LogP contribution in [0.4, 0.5) is 13.2 Å². The first-order valence-electron chi connectivity index (χ1n) is 6.84. The molecule has 0 radical (unpaired) electrons. The van der Waals surface area contributed by atoms with Gasteiger partial charge in [0.15, 0.2) is 0 Å². The summed E-state index contributed by atoms with van der Waals surface area (Å²) in [5, 5.41) is 0. The van der Waals surface area contributed by atoms with E-state index in [-0.39, 0.29) is 5.75 Å². The molecule has 1 heterocycles. The number of piperidine rings is 1. The number of likely N-dealkylation sites (tertiary alicyclic amines) is 1. The van der Waals surface area contributed by atoms with E-state index in [1.807, 2.05) is 0 Å². The first-order chi connectivity index (χ1) is 9.87. The number of hydrogen-bond acceptors (Lipinski definition) is 3. The monoisotopic (exact) mass is 366 g/mol. The highest BCUT2D eigenvalue weighted by Gasteiger charge is 2.32. The lowest BCUT2D eigenvalue weighted by molar-refractivity contribution is -0.274. The van der Waals surface area contributed by atoms with Crippen molar-refractivity contribution in [2.75, 3.05) is 19.6 Å². The van der Waals surface area contributed by atoms with Gasteiger partial charge in [0.05, 0.1) is 4.47 Å². The number of ether oxygens (including phenoxy) is 1. The molecule has 118 valence electrons. The molecule has 1 saturated heterocycles. The second-order valence-corrected chi connectivity index (χ2v) is 6.15. The van der Waals surface area contributed by atoms with Crippen LogP contribution in [0.1, 0.15) is 18.4 Å². The Bertz CT molecular complexity index is 482. The third-order valence-corrected chi connectivity index (χ3v) is 4.18. The predicted molar refractivity (Wildman–Crippen MR) is 77.9 cm³/mol. The number of halogens is 4. The lowest BCUT2D eigenvalue weighted by Gasteiger charge is -2.32. The largest absolute Gasteiger partial charge is 0.573 e. The Morgan fingerprint density at radius 3 is 2.76 bits per heavy atom. The SMILES string of the molecule is NCC1CCCN(Cc2ccc(OC(F)(F)F)c(Br)c2)C1. The second kappa shape index (κ2) is 6.98. The molecule has 7 heteroatoms. The number of nitrogens with zero attached hydrogens (tertiary/aromatic N) is 1. The van der Waals surface area contributed by atoms with Crippen molar-refractivity contribution in [1.82, 2.24) is 4.90 Å². The van der Waals surface area contributed by atoms with Gasteiger partial charge in [0.25, 0.3) is 0 Å². The molecule has 1 atom stereocenters. The normalized spacial score (nSPS) is 20.5. The van der Waals surface area contributed by atoms with Crippen LogP contribution in [0.3, 0.4) is 0 Å². The molecular formula is C14H18BrF3N2O. The summed E-state index contributed by atoms with van der Waals surface area (Å²) in [6, 6.07) is 4.68. The van der Waals surface area contributed by atoms with Crippen LogP contribution in [0.25, 0.3) is 0 Å². The maximum Gasteiger partial charge on any atom is 0.573 e. The van der Waals surface area contributed by atoms with Crippen LogP contribution < -0.4 is 10.5 Å². The fourth-order valence-electron chi connectivity index (χ4n) is 2.60. The first kappa shape index (κ1) is 16.6. The average Bonchev–Trinajstić information content (AvgIpc) is 2.41. The van der Waals surface area contributed by atoms with Crippen LogP contribution in [0.15, 0.2) is 22.7 Å². The third kappa shape index (κ3) is 5.16. The van der Waals surface area contributed by atoms with Crippen molar-refractivity contribution in [1.29, 1.82) is 0 Å². The zero-order valence-corrected chi connectivity index (χ0v) is 13.1. The molecule has 3 nitrogen and oxygen atoms in total. The number of rotatable bonds is 4. The van der Waals surface area contributed by atoms with E-state index >= 15 is 0 Å². The molecule has 1 aromatic rings. The van der Waals surface area contributed by atoms with Gasteiger partial charge in [-0.1, -0.05) is 6.07 Å². The molecule has 0 bridgehead atoms. The zero-order valence-electron chi connectivity index (χ0n) is 11.5. The van der Waals surface area contributed by atoms with E-state index in [9.17, 15) is 13.2 Å². The highest BCUT2D eigenvalue weighted by atomic mass is 79.9. The van der Waals surface area contributed by atoms with Gasteiger partial charge in [0.1, 0.15) is 5.75 Å². The molecule has 2 N–H and O–H groups in total. The molecule has 1 aliphatic heterocycles. The summed E-state index contributed by atoms with van der Waals surface area (Å²) in [5.74, 6) is 0.291. The van der Waals surface area contributed by atoms with Crippen LogP contribution in [-0.4, -0.2) is 30.9 Å². The Hall–Kier alpha value is -0.790. The van der Waals surface area contributed by atoms with Gasteiger partial charge in [-0.05, 0) is 65.5 Å². The highest BCUT2D eigenvalue weighted by molar-refractivity contribution is 9.10. The minimum absolute atomic E-state index is 0.218. The van der Waals surface area contributed by atoms with Crippen molar-refractivity contribution >= 4 is 15.9 Å². The fourth-order valence-corrected chi connectivity index (χ4v) is 3.10. The number of hydrogen-bond donors (Lipinski definition) is 1. The van der Waals surface area contributed by atoms with Crippen molar-refractivity contribution in [3.63, 3.8) is 0 Å². The quantitative estimate of drug-likeness (QED) is 0.885. The summed E-state index contributed by atoms with van der Waals surface area (Å²) >= 11 is 3.13. The molecule has 0 saturated carbocycles. The summed E-state index contributed by atoms with van der Waals surface area (Å²) in [4.78, 5) is 2.28. The Kier molecular flexibility index (Phi) is 5.51. The maximum absolute atomic E-state index is 12.2. The van der Waals surface area contributed by atoms with Gasteiger partial charge < -0.3 is 10.5 Å². The molecule has 0 spiro atoms. The third-order valence-electron chi connectivity index (χ3n) is 3.56. The van der Waals surface area contributed by atoms with Gasteiger partial charge in [0.2, 0.25) is 0 Å². The van der Waals surface area contributed by atoms with Crippen LogP contribution in [0, 0.1) is 5.92 Å². The van der Waals surface area contributed by atoms with E-state index in [2.05, 4.69) is 25.6 Å². The Labute approximate surface area is 130 Å². The van der Waals surface area contributed by atoms with Crippen molar-refractivity contribution in [2.24, 2.45) is 11.7 Å². The number of nitrogens with two attached hydrogens (primary N) is 1. The van der Waals surface area contributed by atoms with Gasteiger partial charge in [-0.2, -0.15) is 0 Å². The van der Waals surface area contributed by atoms with Gasteiger partial charge >= 0.3 is 6.36 Å². The molecule has 21 heavy (non-hydrogen) atoms.